The Kier molecular flexibility index (Phi) is 3.02. The zero-order valence-electron chi connectivity index (χ0n) is 10.7. The van der Waals surface area contributed by atoms with E-state index >= 15 is 0 Å². The standard InChI is InChI=1S/C15H13FN2O2/c16-12-7-11(17)6-5-10(12)8-18-13-3-1-2-4-14(13)20-9-15(18)19/h1-7H,8-9,17H2. The molecule has 0 radical (unpaired) electrons. The van der Waals surface area contributed by atoms with Gasteiger partial charge in [0.1, 0.15) is 11.6 Å². The van der Waals surface area contributed by atoms with Crippen LogP contribution in [0.3, 0.4) is 0 Å². The summed E-state index contributed by atoms with van der Waals surface area (Å²) < 4.78 is 19.2. The molecule has 2 aromatic rings. The Labute approximate surface area is 115 Å². The zero-order valence-corrected chi connectivity index (χ0v) is 10.7. The molecule has 102 valence electrons. The van der Waals surface area contributed by atoms with Crippen molar-refractivity contribution in [1.82, 2.24) is 0 Å². The van der Waals surface area contributed by atoms with Gasteiger partial charge in [0.15, 0.2) is 6.61 Å². The third-order valence-corrected chi connectivity index (χ3v) is 3.21. The van der Waals surface area contributed by atoms with Crippen LogP contribution >= 0.6 is 0 Å². The highest BCUT2D eigenvalue weighted by atomic mass is 19.1. The minimum absolute atomic E-state index is 0.0341. The van der Waals surface area contributed by atoms with Gasteiger partial charge in [-0.1, -0.05) is 18.2 Å². The second kappa shape index (κ2) is 4.85. The highest BCUT2D eigenvalue weighted by Gasteiger charge is 2.25. The molecule has 3 rings (SSSR count). The summed E-state index contributed by atoms with van der Waals surface area (Å²) in [5, 5.41) is 0. The lowest BCUT2D eigenvalue weighted by Crippen LogP contribution is -2.38. The topological polar surface area (TPSA) is 55.6 Å². The van der Waals surface area contributed by atoms with Crippen LogP contribution in [-0.4, -0.2) is 12.5 Å². The number of nitrogen functional groups attached to an aromatic ring is 1. The van der Waals surface area contributed by atoms with Crippen LogP contribution in [0.4, 0.5) is 15.8 Å². The van der Waals surface area contributed by atoms with Crippen molar-refractivity contribution in [3.63, 3.8) is 0 Å². The number of hydrogen-bond donors (Lipinski definition) is 1. The number of anilines is 2. The summed E-state index contributed by atoms with van der Waals surface area (Å²) in [6.07, 6.45) is 0. The second-order valence-electron chi connectivity index (χ2n) is 4.59. The van der Waals surface area contributed by atoms with Crippen molar-refractivity contribution in [2.24, 2.45) is 0 Å². The third kappa shape index (κ3) is 2.18. The van der Waals surface area contributed by atoms with Crippen molar-refractivity contribution in [2.75, 3.05) is 17.2 Å². The van der Waals surface area contributed by atoms with E-state index in [4.69, 9.17) is 10.5 Å². The lowest BCUT2D eigenvalue weighted by atomic mass is 10.1. The highest BCUT2D eigenvalue weighted by molar-refractivity contribution is 5.97. The molecule has 1 aliphatic rings. The van der Waals surface area contributed by atoms with E-state index in [1.165, 1.54) is 11.0 Å². The average Bonchev–Trinajstić information content (AvgIpc) is 2.44. The first-order valence-electron chi connectivity index (χ1n) is 6.21. The van der Waals surface area contributed by atoms with Crippen LogP contribution in [0.15, 0.2) is 42.5 Å². The molecule has 1 amide bonds. The Balaban J connectivity index is 1.95. The lowest BCUT2D eigenvalue weighted by molar-refractivity contribution is -0.121. The minimum atomic E-state index is -0.415. The Bertz CT molecular complexity index is 673. The molecule has 1 heterocycles. The number of carbonyl (C=O) groups is 1. The van der Waals surface area contributed by atoms with Crippen molar-refractivity contribution >= 4 is 17.3 Å². The molecular weight excluding hydrogens is 259 g/mol. The number of hydrogen-bond acceptors (Lipinski definition) is 3. The molecule has 20 heavy (non-hydrogen) atoms. The number of ether oxygens (including phenoxy) is 1. The molecule has 0 saturated carbocycles. The molecule has 0 aromatic heterocycles. The summed E-state index contributed by atoms with van der Waals surface area (Å²) in [6.45, 7) is 0.124. The van der Waals surface area contributed by atoms with Crippen molar-refractivity contribution in [1.29, 1.82) is 0 Å². The Morgan fingerprint density at radius 3 is 2.85 bits per heavy atom. The van der Waals surface area contributed by atoms with Gasteiger partial charge in [0.25, 0.3) is 5.91 Å². The quantitative estimate of drug-likeness (QED) is 0.854. The van der Waals surface area contributed by atoms with E-state index in [9.17, 15) is 9.18 Å². The highest BCUT2D eigenvalue weighted by Crippen LogP contribution is 2.32. The van der Waals surface area contributed by atoms with E-state index in [-0.39, 0.29) is 19.1 Å². The first-order valence-corrected chi connectivity index (χ1v) is 6.21. The zero-order chi connectivity index (χ0) is 14.1. The first kappa shape index (κ1) is 12.5. The number of fused-ring (bicyclic) bond motifs is 1. The molecule has 0 aliphatic carbocycles. The number of para-hydroxylation sites is 2. The van der Waals surface area contributed by atoms with Crippen LogP contribution in [0.25, 0.3) is 0 Å². The molecule has 0 unspecified atom stereocenters. The molecule has 4 nitrogen and oxygen atoms in total. The van der Waals surface area contributed by atoms with Gasteiger partial charge in [-0.15, -0.1) is 0 Å². The number of nitrogens with two attached hydrogens (primary N) is 1. The van der Waals surface area contributed by atoms with Crippen LogP contribution in [0.5, 0.6) is 5.75 Å². The van der Waals surface area contributed by atoms with Crippen LogP contribution < -0.4 is 15.4 Å². The van der Waals surface area contributed by atoms with Crippen LogP contribution in [-0.2, 0) is 11.3 Å². The molecule has 1 aliphatic heterocycles. The second-order valence-corrected chi connectivity index (χ2v) is 4.59. The smallest absolute Gasteiger partial charge is 0.265 e. The normalized spacial score (nSPS) is 13.8. The van der Waals surface area contributed by atoms with E-state index in [2.05, 4.69) is 0 Å². The maximum absolute atomic E-state index is 13.9. The molecule has 2 N–H and O–H groups in total. The summed E-state index contributed by atoms with van der Waals surface area (Å²) in [5.74, 6) is 0.0182. The van der Waals surface area contributed by atoms with Gasteiger partial charge in [0.05, 0.1) is 12.2 Å². The fourth-order valence-corrected chi connectivity index (χ4v) is 2.19. The van der Waals surface area contributed by atoms with Gasteiger partial charge in [-0.25, -0.2) is 4.39 Å². The van der Waals surface area contributed by atoms with Gasteiger partial charge >= 0.3 is 0 Å². The molecule has 5 heteroatoms. The number of rotatable bonds is 2. The van der Waals surface area contributed by atoms with Crippen LogP contribution in [0, 0.1) is 5.82 Å². The third-order valence-electron chi connectivity index (χ3n) is 3.21. The van der Waals surface area contributed by atoms with Gasteiger partial charge in [-0.3, -0.25) is 4.79 Å². The SMILES string of the molecule is Nc1ccc(CN2C(=O)COc3ccccc32)c(F)c1. The Morgan fingerprint density at radius 1 is 1.25 bits per heavy atom. The minimum Gasteiger partial charge on any atom is -0.482 e. The lowest BCUT2D eigenvalue weighted by Gasteiger charge is -2.29. The molecule has 0 spiro atoms. The number of nitrogens with zero attached hydrogens (tertiary/aromatic N) is 1. The Morgan fingerprint density at radius 2 is 2.05 bits per heavy atom. The number of halogens is 1. The van der Waals surface area contributed by atoms with Gasteiger partial charge in [-0.05, 0) is 24.3 Å². The van der Waals surface area contributed by atoms with E-state index < -0.39 is 5.82 Å². The van der Waals surface area contributed by atoms with Gasteiger partial charge in [-0.2, -0.15) is 0 Å². The van der Waals surface area contributed by atoms with Crippen molar-refractivity contribution in [3.8, 4) is 5.75 Å². The van der Waals surface area contributed by atoms with E-state index in [0.29, 0.717) is 22.7 Å². The number of benzene rings is 2. The summed E-state index contributed by atoms with van der Waals surface area (Å²) in [4.78, 5) is 13.5. The number of amides is 1. The summed E-state index contributed by atoms with van der Waals surface area (Å²) >= 11 is 0. The van der Waals surface area contributed by atoms with E-state index in [1.807, 2.05) is 12.1 Å². The first-order chi connectivity index (χ1) is 9.65. The monoisotopic (exact) mass is 272 g/mol. The average molecular weight is 272 g/mol. The van der Waals surface area contributed by atoms with Gasteiger partial charge in [0.2, 0.25) is 0 Å². The van der Waals surface area contributed by atoms with E-state index in [0.717, 1.165) is 0 Å². The molecular formula is C15H13FN2O2. The molecule has 0 saturated heterocycles. The van der Waals surface area contributed by atoms with Crippen molar-refractivity contribution < 1.29 is 13.9 Å². The van der Waals surface area contributed by atoms with Gasteiger partial charge in [0, 0.05) is 11.3 Å². The van der Waals surface area contributed by atoms with Crippen LogP contribution in [0.1, 0.15) is 5.56 Å². The molecule has 0 fully saturated rings. The van der Waals surface area contributed by atoms with E-state index in [1.54, 1.807) is 24.3 Å². The van der Waals surface area contributed by atoms with Crippen LogP contribution in [0.2, 0.25) is 0 Å². The fourth-order valence-electron chi connectivity index (χ4n) is 2.19. The van der Waals surface area contributed by atoms with Gasteiger partial charge < -0.3 is 15.4 Å². The maximum atomic E-state index is 13.9. The predicted molar refractivity (Wildman–Crippen MR) is 73.9 cm³/mol. The summed E-state index contributed by atoms with van der Waals surface area (Å²) in [6, 6.07) is 11.7. The maximum Gasteiger partial charge on any atom is 0.265 e. The molecule has 2 aromatic carbocycles. The van der Waals surface area contributed by atoms with Crippen molar-refractivity contribution in [3.05, 3.63) is 53.8 Å². The van der Waals surface area contributed by atoms with Crippen molar-refractivity contribution in [2.45, 2.75) is 6.54 Å². The number of carbonyl (C=O) groups excluding carboxylic acids is 1. The summed E-state index contributed by atoms with van der Waals surface area (Å²) in [7, 11) is 0. The fraction of sp³-hybridized carbons (Fsp3) is 0.133. The predicted octanol–water partition coefficient (Wildman–Crippen LogP) is 2.33. The largest absolute Gasteiger partial charge is 0.482 e. The summed E-state index contributed by atoms with van der Waals surface area (Å²) in [5.41, 5.74) is 6.96. The molecule has 0 atom stereocenters. The Hall–Kier alpha value is -2.56. The molecule has 0 bridgehead atoms.